The van der Waals surface area contributed by atoms with Crippen molar-refractivity contribution < 1.29 is 9.53 Å². The second-order valence-electron chi connectivity index (χ2n) is 6.06. The van der Waals surface area contributed by atoms with Gasteiger partial charge in [-0.2, -0.15) is 11.8 Å². The number of rotatable bonds is 8. The number of carbonyl (C=O) groups excluding carboxylic acids is 1. The van der Waals surface area contributed by atoms with E-state index in [0.717, 1.165) is 11.5 Å². The van der Waals surface area contributed by atoms with Gasteiger partial charge in [-0.05, 0) is 42.3 Å². The minimum absolute atomic E-state index is 0.134. The molecule has 0 aliphatic rings. The van der Waals surface area contributed by atoms with E-state index in [-0.39, 0.29) is 5.91 Å². The molecular formula is C23H23NO2S. The SMILES string of the molecule is CCOc1ccccc1NC(=O)c1ccc(CSCc2ccccc2)cc1. The summed E-state index contributed by atoms with van der Waals surface area (Å²) in [6.07, 6.45) is 0. The summed E-state index contributed by atoms with van der Waals surface area (Å²) in [5.74, 6) is 2.45. The molecule has 0 atom stereocenters. The smallest absolute Gasteiger partial charge is 0.255 e. The number of thioether (sulfide) groups is 1. The van der Waals surface area contributed by atoms with E-state index in [1.54, 1.807) is 0 Å². The Labute approximate surface area is 164 Å². The molecule has 1 amide bonds. The molecule has 0 saturated heterocycles. The van der Waals surface area contributed by atoms with Crippen molar-refractivity contribution in [2.24, 2.45) is 0 Å². The predicted molar refractivity (Wildman–Crippen MR) is 113 cm³/mol. The van der Waals surface area contributed by atoms with Crippen LogP contribution >= 0.6 is 11.8 Å². The second-order valence-corrected chi connectivity index (χ2v) is 7.04. The zero-order valence-electron chi connectivity index (χ0n) is 15.4. The van der Waals surface area contributed by atoms with Crippen molar-refractivity contribution >= 4 is 23.4 Å². The van der Waals surface area contributed by atoms with Crippen LogP contribution in [0.3, 0.4) is 0 Å². The van der Waals surface area contributed by atoms with E-state index in [2.05, 4.69) is 29.6 Å². The molecule has 0 unspecified atom stereocenters. The summed E-state index contributed by atoms with van der Waals surface area (Å²) in [4.78, 5) is 12.5. The Kier molecular flexibility index (Phi) is 6.94. The molecule has 138 valence electrons. The molecule has 1 N–H and O–H groups in total. The molecule has 3 aromatic rings. The highest BCUT2D eigenvalue weighted by atomic mass is 32.2. The topological polar surface area (TPSA) is 38.3 Å². The van der Waals surface area contributed by atoms with Gasteiger partial charge in [0.05, 0.1) is 12.3 Å². The van der Waals surface area contributed by atoms with Crippen molar-refractivity contribution in [1.82, 2.24) is 0 Å². The van der Waals surface area contributed by atoms with E-state index < -0.39 is 0 Å². The number of nitrogens with one attached hydrogen (secondary N) is 1. The Balaban J connectivity index is 1.56. The Bertz CT molecular complexity index is 863. The molecule has 0 saturated carbocycles. The average molecular weight is 378 g/mol. The standard InChI is InChI=1S/C23H23NO2S/c1-2-26-22-11-7-6-10-21(22)24-23(25)20-14-12-19(13-15-20)17-27-16-18-8-4-3-5-9-18/h3-15H,2,16-17H2,1H3,(H,24,25). The highest BCUT2D eigenvalue weighted by molar-refractivity contribution is 7.97. The number of benzene rings is 3. The van der Waals surface area contributed by atoms with Crippen molar-refractivity contribution in [1.29, 1.82) is 0 Å². The predicted octanol–water partition coefficient (Wildman–Crippen LogP) is 5.77. The Morgan fingerprint density at radius 3 is 2.19 bits per heavy atom. The molecule has 27 heavy (non-hydrogen) atoms. The normalized spacial score (nSPS) is 10.4. The third-order valence-corrected chi connectivity index (χ3v) is 5.11. The maximum atomic E-state index is 12.5. The lowest BCUT2D eigenvalue weighted by atomic mass is 10.1. The van der Waals surface area contributed by atoms with Gasteiger partial charge >= 0.3 is 0 Å². The highest BCUT2D eigenvalue weighted by Gasteiger charge is 2.09. The zero-order chi connectivity index (χ0) is 18.9. The van der Waals surface area contributed by atoms with Gasteiger partial charge in [0.2, 0.25) is 0 Å². The van der Waals surface area contributed by atoms with Gasteiger partial charge < -0.3 is 10.1 Å². The van der Waals surface area contributed by atoms with Crippen LogP contribution in [0, 0.1) is 0 Å². The van der Waals surface area contributed by atoms with Gasteiger partial charge in [0.1, 0.15) is 5.75 Å². The molecule has 0 fully saturated rings. The largest absolute Gasteiger partial charge is 0.492 e. The van der Waals surface area contributed by atoms with Crippen LogP contribution in [0.1, 0.15) is 28.4 Å². The van der Waals surface area contributed by atoms with Crippen LogP contribution < -0.4 is 10.1 Å². The van der Waals surface area contributed by atoms with E-state index in [4.69, 9.17) is 4.74 Å². The fourth-order valence-corrected chi connectivity index (χ4v) is 3.62. The van der Waals surface area contributed by atoms with E-state index >= 15 is 0 Å². The first-order valence-electron chi connectivity index (χ1n) is 9.00. The minimum Gasteiger partial charge on any atom is -0.492 e. The Morgan fingerprint density at radius 1 is 0.852 bits per heavy atom. The first-order chi connectivity index (χ1) is 13.3. The third-order valence-electron chi connectivity index (χ3n) is 4.03. The number of para-hydroxylation sites is 2. The van der Waals surface area contributed by atoms with Crippen LogP contribution in [-0.4, -0.2) is 12.5 Å². The van der Waals surface area contributed by atoms with E-state index in [0.29, 0.717) is 23.6 Å². The second kappa shape index (κ2) is 9.83. The molecule has 0 aromatic heterocycles. The van der Waals surface area contributed by atoms with Gasteiger partial charge in [-0.3, -0.25) is 4.79 Å². The lowest BCUT2D eigenvalue weighted by molar-refractivity contribution is 0.102. The molecule has 3 nitrogen and oxygen atoms in total. The van der Waals surface area contributed by atoms with Gasteiger partial charge in [0, 0.05) is 17.1 Å². The number of hydrogen-bond acceptors (Lipinski definition) is 3. The first-order valence-corrected chi connectivity index (χ1v) is 10.2. The van der Waals surface area contributed by atoms with Crippen molar-refractivity contribution in [3.8, 4) is 5.75 Å². The number of carbonyl (C=O) groups is 1. The Hall–Kier alpha value is -2.72. The van der Waals surface area contributed by atoms with Crippen LogP contribution in [0.5, 0.6) is 5.75 Å². The highest BCUT2D eigenvalue weighted by Crippen LogP contribution is 2.24. The van der Waals surface area contributed by atoms with Gasteiger partial charge in [0.15, 0.2) is 0 Å². The fourth-order valence-electron chi connectivity index (χ4n) is 2.66. The number of ether oxygens (including phenoxy) is 1. The molecule has 3 rings (SSSR count). The van der Waals surface area contributed by atoms with Gasteiger partial charge in [-0.15, -0.1) is 0 Å². The van der Waals surface area contributed by atoms with Gasteiger partial charge in [0.25, 0.3) is 5.91 Å². The van der Waals surface area contributed by atoms with Crippen LogP contribution in [0.15, 0.2) is 78.9 Å². The molecule has 4 heteroatoms. The van der Waals surface area contributed by atoms with Crippen LogP contribution in [0.4, 0.5) is 5.69 Å². The number of anilines is 1. The molecule has 0 bridgehead atoms. The van der Waals surface area contributed by atoms with Crippen molar-refractivity contribution in [3.63, 3.8) is 0 Å². The van der Waals surface area contributed by atoms with E-state index in [9.17, 15) is 4.79 Å². The summed E-state index contributed by atoms with van der Waals surface area (Å²) >= 11 is 1.87. The van der Waals surface area contributed by atoms with Gasteiger partial charge in [-0.25, -0.2) is 0 Å². The molecule has 0 spiro atoms. The average Bonchev–Trinajstić information content (AvgIpc) is 2.71. The molecule has 0 radical (unpaired) electrons. The lowest BCUT2D eigenvalue weighted by Gasteiger charge is -2.11. The third kappa shape index (κ3) is 5.63. The molecular weight excluding hydrogens is 354 g/mol. The Morgan fingerprint density at radius 2 is 1.48 bits per heavy atom. The summed E-state index contributed by atoms with van der Waals surface area (Å²) in [6, 6.07) is 25.7. The number of amides is 1. The minimum atomic E-state index is -0.134. The van der Waals surface area contributed by atoms with Crippen molar-refractivity contribution in [2.45, 2.75) is 18.4 Å². The molecule has 0 aliphatic heterocycles. The monoisotopic (exact) mass is 377 g/mol. The first kappa shape index (κ1) is 19.1. The summed E-state index contributed by atoms with van der Waals surface area (Å²) in [5.41, 5.74) is 3.86. The summed E-state index contributed by atoms with van der Waals surface area (Å²) < 4.78 is 5.56. The maximum Gasteiger partial charge on any atom is 0.255 e. The molecule has 3 aromatic carbocycles. The summed E-state index contributed by atoms with van der Waals surface area (Å²) in [5, 5.41) is 2.93. The summed E-state index contributed by atoms with van der Waals surface area (Å²) in [6.45, 7) is 2.48. The zero-order valence-corrected chi connectivity index (χ0v) is 16.2. The van der Waals surface area contributed by atoms with Crippen molar-refractivity contribution in [2.75, 3.05) is 11.9 Å². The molecule has 0 aliphatic carbocycles. The lowest BCUT2D eigenvalue weighted by Crippen LogP contribution is -2.12. The van der Waals surface area contributed by atoms with Gasteiger partial charge in [-0.1, -0.05) is 54.6 Å². The molecule has 0 heterocycles. The maximum absolute atomic E-state index is 12.5. The summed E-state index contributed by atoms with van der Waals surface area (Å²) in [7, 11) is 0. The fraction of sp³-hybridized carbons (Fsp3) is 0.174. The van der Waals surface area contributed by atoms with Crippen LogP contribution in [-0.2, 0) is 11.5 Å². The van der Waals surface area contributed by atoms with Crippen LogP contribution in [0.25, 0.3) is 0 Å². The van der Waals surface area contributed by atoms with E-state index in [1.165, 1.54) is 11.1 Å². The quantitative estimate of drug-likeness (QED) is 0.541. The number of hydrogen-bond donors (Lipinski definition) is 1. The van der Waals surface area contributed by atoms with E-state index in [1.807, 2.05) is 73.3 Å². The van der Waals surface area contributed by atoms with Crippen molar-refractivity contribution in [3.05, 3.63) is 95.6 Å². The van der Waals surface area contributed by atoms with Crippen LogP contribution in [0.2, 0.25) is 0 Å².